The molecular formula is C17H19Cl2N5O. The molecule has 8 heteroatoms. The molecule has 0 bridgehead atoms. The molecule has 6 nitrogen and oxygen atoms in total. The van der Waals surface area contributed by atoms with E-state index in [4.69, 9.17) is 28.9 Å². The van der Waals surface area contributed by atoms with E-state index >= 15 is 0 Å². The number of amides is 1. The largest absolute Gasteiger partial charge is 0.384 e. The van der Waals surface area contributed by atoms with Crippen LogP contribution in [-0.4, -0.2) is 51.9 Å². The van der Waals surface area contributed by atoms with E-state index < -0.39 is 0 Å². The van der Waals surface area contributed by atoms with E-state index in [0.717, 1.165) is 6.42 Å². The Morgan fingerprint density at radius 3 is 2.76 bits per heavy atom. The Kier molecular flexibility index (Phi) is 5.42. The van der Waals surface area contributed by atoms with E-state index in [2.05, 4.69) is 14.9 Å². The van der Waals surface area contributed by atoms with Gasteiger partial charge in [0, 0.05) is 40.9 Å². The minimum absolute atomic E-state index is 0.0551. The normalized spacial score (nSPS) is 17.3. The van der Waals surface area contributed by atoms with Crippen molar-refractivity contribution in [3.63, 3.8) is 0 Å². The highest BCUT2D eigenvalue weighted by atomic mass is 35.5. The van der Waals surface area contributed by atoms with Crippen LogP contribution in [0.15, 0.2) is 30.5 Å². The number of carbonyl (C=O) groups excluding carboxylic acids is 1. The number of benzene rings is 1. The molecule has 1 fully saturated rings. The quantitative estimate of drug-likeness (QED) is 0.883. The number of nitrogens with zero attached hydrogens (tertiary/aromatic N) is 4. The summed E-state index contributed by atoms with van der Waals surface area (Å²) in [5.41, 5.74) is 6.21. The smallest absolute Gasteiger partial charge is 0.254 e. The van der Waals surface area contributed by atoms with Crippen molar-refractivity contribution < 1.29 is 4.79 Å². The number of anilines is 1. The van der Waals surface area contributed by atoms with Crippen molar-refractivity contribution in [2.75, 3.05) is 25.9 Å². The molecule has 2 aromatic rings. The van der Waals surface area contributed by atoms with E-state index in [1.807, 2.05) is 11.9 Å². The number of carbonyl (C=O) groups is 1. The predicted molar refractivity (Wildman–Crippen MR) is 98.7 cm³/mol. The van der Waals surface area contributed by atoms with Gasteiger partial charge in [-0.1, -0.05) is 23.2 Å². The lowest BCUT2D eigenvalue weighted by Gasteiger charge is -2.24. The summed E-state index contributed by atoms with van der Waals surface area (Å²) >= 11 is 12.0. The van der Waals surface area contributed by atoms with Gasteiger partial charge in [0.2, 0.25) is 0 Å². The number of nitrogens with two attached hydrogens (primary N) is 1. The van der Waals surface area contributed by atoms with Gasteiger partial charge in [-0.25, -0.2) is 9.97 Å². The second-order valence-electron chi connectivity index (χ2n) is 6.16. The van der Waals surface area contributed by atoms with Crippen molar-refractivity contribution in [2.45, 2.75) is 19.0 Å². The molecule has 132 valence electrons. The lowest BCUT2D eigenvalue weighted by molar-refractivity contribution is 0.0779. The van der Waals surface area contributed by atoms with Crippen LogP contribution >= 0.6 is 23.2 Å². The number of nitrogen functional groups attached to an aromatic ring is 1. The molecule has 1 aromatic heterocycles. The molecule has 0 saturated carbocycles. The summed E-state index contributed by atoms with van der Waals surface area (Å²) in [4.78, 5) is 25.1. The second-order valence-corrected chi connectivity index (χ2v) is 7.04. The van der Waals surface area contributed by atoms with Crippen LogP contribution in [0, 0.1) is 0 Å². The molecule has 0 spiro atoms. The van der Waals surface area contributed by atoms with Gasteiger partial charge in [-0.2, -0.15) is 0 Å². The first-order valence-electron chi connectivity index (χ1n) is 7.95. The second kappa shape index (κ2) is 7.56. The Hall–Kier alpha value is -1.89. The summed E-state index contributed by atoms with van der Waals surface area (Å²) in [5.74, 6) is 1.08. The van der Waals surface area contributed by atoms with Crippen LogP contribution in [0.5, 0.6) is 0 Å². The Morgan fingerprint density at radius 2 is 2.08 bits per heavy atom. The number of halogens is 2. The first kappa shape index (κ1) is 17.9. The van der Waals surface area contributed by atoms with Gasteiger partial charge in [-0.05, 0) is 37.7 Å². The Labute approximate surface area is 156 Å². The van der Waals surface area contributed by atoms with E-state index in [0.29, 0.717) is 46.9 Å². The zero-order valence-electron chi connectivity index (χ0n) is 13.8. The number of hydrogen-bond donors (Lipinski definition) is 1. The van der Waals surface area contributed by atoms with E-state index in [1.165, 1.54) is 0 Å². The Morgan fingerprint density at radius 1 is 1.36 bits per heavy atom. The highest BCUT2D eigenvalue weighted by Gasteiger charge is 2.30. The van der Waals surface area contributed by atoms with Gasteiger partial charge in [-0.15, -0.1) is 0 Å². The third-order valence-corrected chi connectivity index (χ3v) is 4.74. The molecule has 1 aliphatic heterocycles. The third kappa shape index (κ3) is 4.39. The van der Waals surface area contributed by atoms with E-state index in [9.17, 15) is 4.79 Å². The molecule has 2 N–H and O–H groups in total. The van der Waals surface area contributed by atoms with Crippen molar-refractivity contribution in [1.82, 2.24) is 19.8 Å². The number of hydrogen-bond acceptors (Lipinski definition) is 5. The van der Waals surface area contributed by atoms with Crippen LogP contribution in [0.25, 0.3) is 0 Å². The summed E-state index contributed by atoms with van der Waals surface area (Å²) < 4.78 is 0. The number of likely N-dealkylation sites (tertiary alicyclic amines) is 1. The zero-order valence-corrected chi connectivity index (χ0v) is 15.3. The van der Waals surface area contributed by atoms with Crippen molar-refractivity contribution in [3.05, 3.63) is 51.9 Å². The van der Waals surface area contributed by atoms with Gasteiger partial charge in [0.05, 0.1) is 6.54 Å². The maximum Gasteiger partial charge on any atom is 0.254 e. The molecule has 1 unspecified atom stereocenters. The van der Waals surface area contributed by atoms with Crippen LogP contribution in [0.2, 0.25) is 10.0 Å². The minimum Gasteiger partial charge on any atom is -0.384 e. The first-order valence-corrected chi connectivity index (χ1v) is 8.71. The van der Waals surface area contributed by atoms with Crippen molar-refractivity contribution >= 4 is 34.9 Å². The van der Waals surface area contributed by atoms with Gasteiger partial charge in [-0.3, -0.25) is 9.69 Å². The van der Waals surface area contributed by atoms with Gasteiger partial charge in [0.15, 0.2) is 0 Å². The fourth-order valence-electron chi connectivity index (χ4n) is 2.99. The predicted octanol–water partition coefficient (Wildman–Crippen LogP) is 2.71. The maximum absolute atomic E-state index is 12.7. The summed E-state index contributed by atoms with van der Waals surface area (Å²) in [7, 11) is 2.00. The van der Waals surface area contributed by atoms with Gasteiger partial charge in [0.25, 0.3) is 5.91 Å². The van der Waals surface area contributed by atoms with Gasteiger partial charge in [0.1, 0.15) is 11.6 Å². The lowest BCUT2D eigenvalue weighted by atomic mass is 10.2. The number of rotatable bonds is 4. The van der Waals surface area contributed by atoms with Gasteiger partial charge >= 0.3 is 0 Å². The topological polar surface area (TPSA) is 75.4 Å². The number of aromatic nitrogens is 2. The first-order chi connectivity index (χ1) is 11.9. The Bertz CT molecular complexity index is 765. The minimum atomic E-state index is -0.0551. The van der Waals surface area contributed by atoms with Crippen LogP contribution in [0.4, 0.5) is 5.82 Å². The molecule has 0 radical (unpaired) electrons. The third-order valence-electron chi connectivity index (χ3n) is 4.30. The monoisotopic (exact) mass is 379 g/mol. The van der Waals surface area contributed by atoms with Crippen LogP contribution in [0.1, 0.15) is 22.6 Å². The highest BCUT2D eigenvalue weighted by molar-refractivity contribution is 6.35. The SMILES string of the molecule is CN(Cc1nccc(N)n1)C1CCN(C(=O)c2cc(Cl)cc(Cl)c2)C1. The molecule has 1 aromatic carbocycles. The zero-order chi connectivity index (χ0) is 18.0. The molecule has 25 heavy (non-hydrogen) atoms. The van der Waals surface area contributed by atoms with Crippen LogP contribution in [0.3, 0.4) is 0 Å². The Balaban J connectivity index is 1.63. The van der Waals surface area contributed by atoms with E-state index in [1.54, 1.807) is 30.5 Å². The fourth-order valence-corrected chi connectivity index (χ4v) is 3.52. The van der Waals surface area contributed by atoms with Crippen molar-refractivity contribution in [1.29, 1.82) is 0 Å². The van der Waals surface area contributed by atoms with Crippen LogP contribution < -0.4 is 5.73 Å². The molecule has 1 aliphatic rings. The lowest BCUT2D eigenvalue weighted by Crippen LogP contribution is -2.36. The average molecular weight is 380 g/mol. The maximum atomic E-state index is 12.7. The number of likely N-dealkylation sites (N-methyl/N-ethyl adjacent to an activating group) is 1. The summed E-state index contributed by atoms with van der Waals surface area (Å²) in [6.07, 6.45) is 2.54. The van der Waals surface area contributed by atoms with Crippen LogP contribution in [-0.2, 0) is 6.54 Å². The molecular weight excluding hydrogens is 361 g/mol. The summed E-state index contributed by atoms with van der Waals surface area (Å²) in [6.45, 7) is 1.91. The standard InChI is InChI=1S/C17H19Cl2N5O/c1-23(10-16-21-4-2-15(20)22-16)14-3-5-24(9-14)17(25)11-6-12(18)8-13(19)7-11/h2,4,6-8,14H,3,5,9-10H2,1H3,(H2,20,21,22). The molecule has 2 heterocycles. The summed E-state index contributed by atoms with van der Waals surface area (Å²) in [5, 5.41) is 0.921. The summed E-state index contributed by atoms with van der Waals surface area (Å²) in [6, 6.07) is 6.81. The van der Waals surface area contributed by atoms with Crippen molar-refractivity contribution in [3.8, 4) is 0 Å². The molecule has 3 rings (SSSR count). The van der Waals surface area contributed by atoms with Gasteiger partial charge < -0.3 is 10.6 Å². The molecule has 1 saturated heterocycles. The molecule has 0 aliphatic carbocycles. The molecule has 1 amide bonds. The average Bonchev–Trinajstić information content (AvgIpc) is 3.03. The highest BCUT2D eigenvalue weighted by Crippen LogP contribution is 2.23. The van der Waals surface area contributed by atoms with Crippen molar-refractivity contribution in [2.24, 2.45) is 0 Å². The van der Waals surface area contributed by atoms with E-state index in [-0.39, 0.29) is 11.9 Å². The molecule has 1 atom stereocenters. The fraction of sp³-hybridized carbons (Fsp3) is 0.353.